The van der Waals surface area contributed by atoms with Gasteiger partial charge in [-0.1, -0.05) is 24.3 Å². The van der Waals surface area contributed by atoms with Gasteiger partial charge in [-0.15, -0.1) is 0 Å². The highest BCUT2D eigenvalue weighted by Crippen LogP contribution is 2.18. The average Bonchev–Trinajstić information content (AvgIpc) is 2.67. The fraction of sp³-hybridized carbons (Fsp3) is 0.500. The summed E-state index contributed by atoms with van der Waals surface area (Å²) in [6, 6.07) is 13.2. The normalized spacial score (nSPS) is 11.3. The molecule has 0 aliphatic rings. The molecule has 0 aromatic heterocycles. The average molecular weight is 361 g/mol. The van der Waals surface area contributed by atoms with Gasteiger partial charge in [0.25, 0.3) is 0 Å². The maximum atomic E-state index is 5.39. The summed E-state index contributed by atoms with van der Waals surface area (Å²) in [5.74, 6) is 0. The minimum atomic E-state index is 0.574. The Morgan fingerprint density at radius 2 is 1.12 bits per heavy atom. The minimum absolute atomic E-state index is 0.574. The number of nitrogens with two attached hydrogens (primary N) is 2. The van der Waals surface area contributed by atoms with Crippen LogP contribution in [-0.2, 0) is 22.6 Å². The SMILES string of the molecule is NCCOCCNCc1ccc2cc(CNCCOCCN)ccc2c1. The molecule has 0 heterocycles. The fourth-order valence-corrected chi connectivity index (χ4v) is 2.69. The summed E-state index contributed by atoms with van der Waals surface area (Å²) in [6.07, 6.45) is 0. The summed E-state index contributed by atoms with van der Waals surface area (Å²) in [7, 11) is 0. The Balaban J connectivity index is 1.76. The van der Waals surface area contributed by atoms with Crippen molar-refractivity contribution in [3.05, 3.63) is 47.5 Å². The second-order valence-electron chi connectivity index (χ2n) is 6.17. The molecule has 6 nitrogen and oxygen atoms in total. The maximum absolute atomic E-state index is 5.39. The van der Waals surface area contributed by atoms with Gasteiger partial charge in [-0.3, -0.25) is 0 Å². The Hall–Kier alpha value is -1.54. The van der Waals surface area contributed by atoms with Gasteiger partial charge in [-0.05, 0) is 34.0 Å². The van der Waals surface area contributed by atoms with Crippen LogP contribution in [0.3, 0.4) is 0 Å². The molecule has 0 saturated carbocycles. The van der Waals surface area contributed by atoms with Crippen molar-refractivity contribution in [2.75, 3.05) is 52.6 Å². The molecule has 6 heteroatoms. The van der Waals surface area contributed by atoms with E-state index in [0.717, 1.165) is 26.2 Å². The third-order valence-corrected chi connectivity index (χ3v) is 4.00. The van der Waals surface area contributed by atoms with E-state index >= 15 is 0 Å². The molecule has 0 bridgehead atoms. The van der Waals surface area contributed by atoms with Crippen molar-refractivity contribution >= 4 is 10.8 Å². The van der Waals surface area contributed by atoms with Gasteiger partial charge in [0, 0.05) is 39.3 Å². The standard InChI is InChI=1S/C20H32N4O2/c21-5-9-25-11-7-23-15-17-1-3-19-14-18(2-4-20(19)13-17)16-24-8-12-26-10-6-22/h1-4,13-14,23-24H,5-12,15-16,21-22H2. The molecule has 0 spiro atoms. The molecule has 0 amide bonds. The van der Waals surface area contributed by atoms with Crippen molar-refractivity contribution in [3.63, 3.8) is 0 Å². The van der Waals surface area contributed by atoms with Crippen LogP contribution in [-0.4, -0.2) is 52.6 Å². The largest absolute Gasteiger partial charge is 0.379 e. The molecule has 0 aliphatic heterocycles. The minimum Gasteiger partial charge on any atom is -0.379 e. The first kappa shape index (κ1) is 20.8. The summed E-state index contributed by atoms with van der Waals surface area (Å²) in [6.45, 7) is 7.12. The van der Waals surface area contributed by atoms with E-state index in [1.807, 2.05) is 0 Å². The molecular weight excluding hydrogens is 328 g/mol. The van der Waals surface area contributed by atoms with Crippen LogP contribution in [0.25, 0.3) is 10.8 Å². The molecule has 0 fully saturated rings. The summed E-state index contributed by atoms with van der Waals surface area (Å²) >= 11 is 0. The molecule has 0 aliphatic carbocycles. The van der Waals surface area contributed by atoms with Gasteiger partial charge in [0.05, 0.1) is 26.4 Å². The quantitative estimate of drug-likeness (QED) is 0.375. The van der Waals surface area contributed by atoms with Crippen molar-refractivity contribution in [2.24, 2.45) is 11.5 Å². The van der Waals surface area contributed by atoms with Crippen molar-refractivity contribution in [1.29, 1.82) is 0 Å². The molecule has 0 radical (unpaired) electrons. The van der Waals surface area contributed by atoms with Crippen LogP contribution in [0.2, 0.25) is 0 Å². The Labute approximate surface area is 156 Å². The second kappa shape index (κ2) is 12.8. The van der Waals surface area contributed by atoms with Gasteiger partial charge >= 0.3 is 0 Å². The lowest BCUT2D eigenvalue weighted by Crippen LogP contribution is -2.21. The highest BCUT2D eigenvalue weighted by Gasteiger charge is 2.00. The van der Waals surface area contributed by atoms with Crippen LogP contribution >= 0.6 is 0 Å². The number of fused-ring (bicyclic) bond motifs is 1. The van der Waals surface area contributed by atoms with Crippen molar-refractivity contribution in [2.45, 2.75) is 13.1 Å². The summed E-state index contributed by atoms with van der Waals surface area (Å²) < 4.78 is 10.7. The van der Waals surface area contributed by atoms with Crippen LogP contribution in [0.4, 0.5) is 0 Å². The van der Waals surface area contributed by atoms with Crippen LogP contribution in [0.15, 0.2) is 36.4 Å². The summed E-state index contributed by atoms with van der Waals surface area (Å²) in [5.41, 5.74) is 13.3. The predicted molar refractivity (Wildman–Crippen MR) is 107 cm³/mol. The fourth-order valence-electron chi connectivity index (χ4n) is 2.69. The van der Waals surface area contributed by atoms with Gasteiger partial charge in [-0.2, -0.15) is 0 Å². The second-order valence-corrected chi connectivity index (χ2v) is 6.17. The molecule has 2 aromatic carbocycles. The van der Waals surface area contributed by atoms with Crippen LogP contribution in [0.1, 0.15) is 11.1 Å². The Morgan fingerprint density at radius 1 is 0.654 bits per heavy atom. The monoisotopic (exact) mass is 360 g/mol. The van der Waals surface area contributed by atoms with Crippen LogP contribution in [0.5, 0.6) is 0 Å². The molecule has 0 unspecified atom stereocenters. The first-order chi connectivity index (χ1) is 12.8. The van der Waals surface area contributed by atoms with Gasteiger partial charge < -0.3 is 31.6 Å². The molecule has 0 saturated heterocycles. The lowest BCUT2D eigenvalue weighted by molar-refractivity contribution is 0.143. The van der Waals surface area contributed by atoms with E-state index in [9.17, 15) is 0 Å². The number of hydrogen-bond acceptors (Lipinski definition) is 6. The zero-order chi connectivity index (χ0) is 18.5. The highest BCUT2D eigenvalue weighted by molar-refractivity contribution is 5.83. The van der Waals surface area contributed by atoms with Crippen molar-refractivity contribution in [3.8, 4) is 0 Å². The molecule has 6 N–H and O–H groups in total. The van der Waals surface area contributed by atoms with Crippen molar-refractivity contribution < 1.29 is 9.47 Å². The predicted octanol–water partition coefficient (Wildman–Crippen LogP) is 0.970. The lowest BCUT2D eigenvalue weighted by Gasteiger charge is -2.09. The van der Waals surface area contributed by atoms with Gasteiger partial charge in [0.15, 0.2) is 0 Å². The van der Waals surface area contributed by atoms with E-state index in [1.54, 1.807) is 0 Å². The molecule has 2 aromatic rings. The smallest absolute Gasteiger partial charge is 0.0591 e. The van der Waals surface area contributed by atoms with Gasteiger partial charge in [-0.25, -0.2) is 0 Å². The van der Waals surface area contributed by atoms with Crippen LogP contribution < -0.4 is 22.1 Å². The van der Waals surface area contributed by atoms with E-state index in [4.69, 9.17) is 20.9 Å². The lowest BCUT2D eigenvalue weighted by atomic mass is 10.0. The van der Waals surface area contributed by atoms with E-state index < -0.39 is 0 Å². The molecule has 0 atom stereocenters. The third kappa shape index (κ3) is 7.78. The number of nitrogens with one attached hydrogen (secondary N) is 2. The van der Waals surface area contributed by atoms with Gasteiger partial charge in [0.1, 0.15) is 0 Å². The molecular formula is C20H32N4O2. The number of ether oxygens (including phenoxy) is 2. The summed E-state index contributed by atoms with van der Waals surface area (Å²) in [4.78, 5) is 0. The van der Waals surface area contributed by atoms with Gasteiger partial charge in [0.2, 0.25) is 0 Å². The van der Waals surface area contributed by atoms with E-state index in [-0.39, 0.29) is 0 Å². The number of hydrogen-bond donors (Lipinski definition) is 4. The molecule has 26 heavy (non-hydrogen) atoms. The number of rotatable bonds is 14. The summed E-state index contributed by atoms with van der Waals surface area (Å²) in [5, 5.41) is 9.31. The van der Waals surface area contributed by atoms with E-state index in [1.165, 1.54) is 21.9 Å². The maximum Gasteiger partial charge on any atom is 0.0591 e. The topological polar surface area (TPSA) is 94.6 Å². The van der Waals surface area contributed by atoms with Crippen LogP contribution in [0, 0.1) is 0 Å². The Kier molecular flexibility index (Phi) is 10.2. The zero-order valence-corrected chi connectivity index (χ0v) is 15.5. The first-order valence-electron chi connectivity index (χ1n) is 9.32. The zero-order valence-electron chi connectivity index (χ0n) is 15.5. The molecule has 144 valence electrons. The third-order valence-electron chi connectivity index (χ3n) is 4.00. The number of benzene rings is 2. The van der Waals surface area contributed by atoms with Crippen molar-refractivity contribution in [1.82, 2.24) is 10.6 Å². The first-order valence-corrected chi connectivity index (χ1v) is 9.32. The Bertz CT molecular complexity index is 581. The van der Waals surface area contributed by atoms with E-state index in [0.29, 0.717) is 39.5 Å². The Morgan fingerprint density at radius 3 is 1.54 bits per heavy atom. The highest BCUT2D eigenvalue weighted by atomic mass is 16.5. The molecule has 2 rings (SSSR count). The van der Waals surface area contributed by atoms with E-state index in [2.05, 4.69) is 47.0 Å².